The molecule has 2 nitrogen and oxygen atoms in total. The Bertz CT molecular complexity index is 470. The molecule has 1 aromatic carbocycles. The molecule has 1 heterocycles. The van der Waals surface area contributed by atoms with Crippen LogP contribution in [0.15, 0.2) is 35.1 Å². The first-order valence-corrected chi connectivity index (χ1v) is 5.77. The van der Waals surface area contributed by atoms with E-state index in [2.05, 4.69) is 27.8 Å². The third-order valence-corrected chi connectivity index (χ3v) is 2.88. The van der Waals surface area contributed by atoms with Crippen molar-refractivity contribution in [1.82, 2.24) is 4.98 Å². The smallest absolute Gasteiger partial charge is 0.127 e. The number of ether oxygens (including phenoxy) is 1. The first kappa shape index (κ1) is 10.4. The molecule has 0 aliphatic rings. The first-order chi connectivity index (χ1) is 7.33. The number of halogens is 1. The second kappa shape index (κ2) is 4.62. The van der Waals surface area contributed by atoms with Crippen LogP contribution in [0.25, 0.3) is 10.8 Å². The molecule has 0 fully saturated rings. The van der Waals surface area contributed by atoms with E-state index in [9.17, 15) is 0 Å². The van der Waals surface area contributed by atoms with Crippen LogP contribution in [0.3, 0.4) is 0 Å². The van der Waals surface area contributed by atoms with E-state index in [-0.39, 0.29) is 0 Å². The Kier molecular flexibility index (Phi) is 3.21. The van der Waals surface area contributed by atoms with Crippen molar-refractivity contribution >= 4 is 26.7 Å². The Hall–Kier alpha value is -1.09. The predicted molar refractivity (Wildman–Crippen MR) is 65.2 cm³/mol. The SMILES string of the molecule is CCCOc1ccc(Br)c2cnccc12. The van der Waals surface area contributed by atoms with Gasteiger partial charge in [-0.05, 0) is 24.6 Å². The summed E-state index contributed by atoms with van der Waals surface area (Å²) in [5, 5.41) is 2.19. The number of hydrogen-bond donors (Lipinski definition) is 0. The third-order valence-electron chi connectivity index (χ3n) is 2.19. The highest BCUT2D eigenvalue weighted by Crippen LogP contribution is 2.30. The molecule has 0 unspecified atom stereocenters. The Labute approximate surface area is 97.4 Å². The molecule has 15 heavy (non-hydrogen) atoms. The van der Waals surface area contributed by atoms with Crippen molar-refractivity contribution in [2.24, 2.45) is 0 Å². The van der Waals surface area contributed by atoms with Crippen molar-refractivity contribution in [3.8, 4) is 5.75 Å². The molecule has 2 aromatic rings. The summed E-state index contributed by atoms with van der Waals surface area (Å²) in [5.74, 6) is 0.928. The normalized spacial score (nSPS) is 10.5. The van der Waals surface area contributed by atoms with E-state index in [0.717, 1.165) is 34.0 Å². The maximum atomic E-state index is 5.67. The van der Waals surface area contributed by atoms with E-state index in [4.69, 9.17) is 4.74 Å². The Balaban J connectivity index is 2.51. The standard InChI is InChI=1S/C12H12BrNO/c1-2-7-15-12-4-3-11(13)10-8-14-6-5-9(10)12/h3-6,8H,2,7H2,1H3. The van der Waals surface area contributed by atoms with Gasteiger partial charge < -0.3 is 4.74 Å². The van der Waals surface area contributed by atoms with Gasteiger partial charge in [-0.2, -0.15) is 0 Å². The van der Waals surface area contributed by atoms with Gasteiger partial charge in [-0.3, -0.25) is 4.98 Å². The van der Waals surface area contributed by atoms with Crippen LogP contribution in [-0.4, -0.2) is 11.6 Å². The zero-order chi connectivity index (χ0) is 10.7. The largest absolute Gasteiger partial charge is 0.493 e. The first-order valence-electron chi connectivity index (χ1n) is 4.98. The molecule has 2 rings (SSSR count). The van der Waals surface area contributed by atoms with Gasteiger partial charge in [0.1, 0.15) is 5.75 Å². The summed E-state index contributed by atoms with van der Waals surface area (Å²) in [7, 11) is 0. The number of aromatic nitrogens is 1. The van der Waals surface area contributed by atoms with Crippen LogP contribution >= 0.6 is 15.9 Å². The lowest BCUT2D eigenvalue weighted by atomic mass is 10.1. The molecule has 0 saturated carbocycles. The van der Waals surface area contributed by atoms with Gasteiger partial charge >= 0.3 is 0 Å². The van der Waals surface area contributed by atoms with Crippen LogP contribution in [0.5, 0.6) is 5.75 Å². The zero-order valence-corrected chi connectivity index (χ0v) is 10.1. The van der Waals surface area contributed by atoms with Crippen molar-refractivity contribution in [2.75, 3.05) is 6.61 Å². The van der Waals surface area contributed by atoms with Crippen LogP contribution in [0, 0.1) is 0 Å². The highest BCUT2D eigenvalue weighted by atomic mass is 79.9. The molecular weight excluding hydrogens is 254 g/mol. The number of hydrogen-bond acceptors (Lipinski definition) is 2. The maximum Gasteiger partial charge on any atom is 0.127 e. The van der Waals surface area contributed by atoms with Crippen molar-refractivity contribution in [3.05, 3.63) is 35.1 Å². The molecule has 0 aliphatic carbocycles. The minimum Gasteiger partial charge on any atom is -0.493 e. The molecule has 0 spiro atoms. The van der Waals surface area contributed by atoms with E-state index in [1.54, 1.807) is 6.20 Å². The van der Waals surface area contributed by atoms with Crippen molar-refractivity contribution in [2.45, 2.75) is 13.3 Å². The van der Waals surface area contributed by atoms with Crippen molar-refractivity contribution in [1.29, 1.82) is 0 Å². The molecule has 0 amide bonds. The Morgan fingerprint density at radius 2 is 2.13 bits per heavy atom. The molecule has 0 N–H and O–H groups in total. The van der Waals surface area contributed by atoms with E-state index < -0.39 is 0 Å². The minimum atomic E-state index is 0.749. The lowest BCUT2D eigenvalue weighted by molar-refractivity contribution is 0.321. The lowest BCUT2D eigenvalue weighted by Crippen LogP contribution is -1.95. The summed E-state index contributed by atoms with van der Waals surface area (Å²) in [4.78, 5) is 4.11. The monoisotopic (exact) mass is 265 g/mol. The van der Waals surface area contributed by atoms with Crippen LogP contribution < -0.4 is 4.74 Å². The second-order valence-electron chi connectivity index (χ2n) is 3.32. The van der Waals surface area contributed by atoms with E-state index >= 15 is 0 Å². The topological polar surface area (TPSA) is 22.1 Å². The summed E-state index contributed by atoms with van der Waals surface area (Å²) < 4.78 is 6.73. The molecular formula is C12H12BrNO. The van der Waals surface area contributed by atoms with Gasteiger partial charge in [0.05, 0.1) is 6.61 Å². The number of rotatable bonds is 3. The van der Waals surface area contributed by atoms with Crippen molar-refractivity contribution < 1.29 is 4.74 Å². The summed E-state index contributed by atoms with van der Waals surface area (Å²) in [6.07, 6.45) is 4.65. The summed E-state index contributed by atoms with van der Waals surface area (Å²) in [6, 6.07) is 5.96. The van der Waals surface area contributed by atoms with E-state index in [1.165, 1.54) is 0 Å². The molecule has 0 aliphatic heterocycles. The van der Waals surface area contributed by atoms with Gasteiger partial charge in [-0.1, -0.05) is 22.9 Å². The highest BCUT2D eigenvalue weighted by molar-refractivity contribution is 9.10. The van der Waals surface area contributed by atoms with Gasteiger partial charge in [0.15, 0.2) is 0 Å². The Morgan fingerprint density at radius 3 is 2.93 bits per heavy atom. The van der Waals surface area contributed by atoms with Gasteiger partial charge in [0, 0.05) is 27.6 Å². The summed E-state index contributed by atoms with van der Waals surface area (Å²) >= 11 is 3.50. The van der Waals surface area contributed by atoms with Gasteiger partial charge in [-0.25, -0.2) is 0 Å². The number of fused-ring (bicyclic) bond motifs is 1. The van der Waals surface area contributed by atoms with E-state index in [1.807, 2.05) is 24.4 Å². The summed E-state index contributed by atoms with van der Waals surface area (Å²) in [6.45, 7) is 2.85. The van der Waals surface area contributed by atoms with Crippen LogP contribution in [0.2, 0.25) is 0 Å². The average molecular weight is 266 g/mol. The molecule has 3 heteroatoms. The quantitative estimate of drug-likeness (QED) is 0.843. The van der Waals surface area contributed by atoms with Gasteiger partial charge in [-0.15, -0.1) is 0 Å². The fourth-order valence-corrected chi connectivity index (χ4v) is 1.91. The number of pyridine rings is 1. The van der Waals surface area contributed by atoms with Gasteiger partial charge in [0.2, 0.25) is 0 Å². The van der Waals surface area contributed by atoms with E-state index in [0.29, 0.717) is 0 Å². The molecule has 0 atom stereocenters. The number of benzene rings is 1. The predicted octanol–water partition coefficient (Wildman–Crippen LogP) is 3.79. The van der Waals surface area contributed by atoms with Gasteiger partial charge in [0.25, 0.3) is 0 Å². The molecule has 0 radical (unpaired) electrons. The third kappa shape index (κ3) is 2.12. The van der Waals surface area contributed by atoms with Crippen LogP contribution in [-0.2, 0) is 0 Å². The Morgan fingerprint density at radius 1 is 1.27 bits per heavy atom. The molecule has 78 valence electrons. The fraction of sp³-hybridized carbons (Fsp3) is 0.250. The second-order valence-corrected chi connectivity index (χ2v) is 4.17. The zero-order valence-electron chi connectivity index (χ0n) is 8.53. The average Bonchev–Trinajstić information content (AvgIpc) is 2.29. The molecule has 1 aromatic heterocycles. The molecule has 0 bridgehead atoms. The van der Waals surface area contributed by atoms with Crippen molar-refractivity contribution in [3.63, 3.8) is 0 Å². The summed E-state index contributed by atoms with van der Waals surface area (Å²) in [5.41, 5.74) is 0. The maximum absolute atomic E-state index is 5.67. The molecule has 0 saturated heterocycles. The minimum absolute atomic E-state index is 0.749. The fourth-order valence-electron chi connectivity index (χ4n) is 1.47. The highest BCUT2D eigenvalue weighted by Gasteiger charge is 2.04. The lowest BCUT2D eigenvalue weighted by Gasteiger charge is -2.08. The van der Waals surface area contributed by atoms with Crippen LogP contribution in [0.1, 0.15) is 13.3 Å². The van der Waals surface area contributed by atoms with Crippen LogP contribution in [0.4, 0.5) is 0 Å². The number of nitrogens with zero attached hydrogens (tertiary/aromatic N) is 1.